The summed E-state index contributed by atoms with van der Waals surface area (Å²) in [5.41, 5.74) is 5.32. The standard InChI is InChI=1S/C27H55NO10/c1-2-3-4-5-6-7-8-27(29)38-26-25-37-24-23-36-22-21-35-20-19-34-18-17-33-16-15-32-14-13-31-12-11-30-10-9-28/h2-26,28H2,1H3. The van der Waals surface area contributed by atoms with Gasteiger partial charge < -0.3 is 48.4 Å². The van der Waals surface area contributed by atoms with Crippen molar-refractivity contribution < 1.29 is 47.4 Å². The van der Waals surface area contributed by atoms with Gasteiger partial charge in [0.2, 0.25) is 0 Å². The largest absolute Gasteiger partial charge is 0.463 e. The number of unbranched alkanes of at least 4 members (excludes halogenated alkanes) is 5. The summed E-state index contributed by atoms with van der Waals surface area (Å²) in [5.74, 6) is -0.141. The molecule has 0 aliphatic carbocycles. The van der Waals surface area contributed by atoms with Crippen LogP contribution in [-0.4, -0.2) is 125 Å². The smallest absolute Gasteiger partial charge is 0.305 e. The summed E-state index contributed by atoms with van der Waals surface area (Å²) in [4.78, 5) is 11.6. The molecule has 0 saturated carbocycles. The van der Waals surface area contributed by atoms with Gasteiger partial charge in [0, 0.05) is 13.0 Å². The van der Waals surface area contributed by atoms with Crippen LogP contribution >= 0.6 is 0 Å². The maximum Gasteiger partial charge on any atom is 0.305 e. The van der Waals surface area contributed by atoms with Crippen LogP contribution in [-0.2, 0) is 47.4 Å². The molecular weight excluding hydrogens is 498 g/mol. The second-order valence-electron chi connectivity index (χ2n) is 8.43. The Morgan fingerprint density at radius 3 is 1.13 bits per heavy atom. The molecule has 0 atom stereocenters. The minimum Gasteiger partial charge on any atom is -0.463 e. The van der Waals surface area contributed by atoms with Crippen LogP contribution in [0.2, 0.25) is 0 Å². The monoisotopic (exact) mass is 553 g/mol. The molecule has 0 aromatic heterocycles. The molecular formula is C27H55NO10. The zero-order valence-corrected chi connectivity index (χ0v) is 23.8. The molecule has 0 saturated heterocycles. The lowest BCUT2D eigenvalue weighted by Crippen LogP contribution is -2.15. The van der Waals surface area contributed by atoms with Gasteiger partial charge in [0.25, 0.3) is 0 Å². The third-order valence-corrected chi connectivity index (χ3v) is 5.09. The van der Waals surface area contributed by atoms with Crippen LogP contribution in [0, 0.1) is 0 Å². The summed E-state index contributed by atoms with van der Waals surface area (Å²) in [6.07, 6.45) is 7.45. The van der Waals surface area contributed by atoms with Gasteiger partial charge in [-0.2, -0.15) is 0 Å². The molecule has 0 spiro atoms. The normalized spacial score (nSPS) is 11.3. The summed E-state index contributed by atoms with van der Waals surface area (Å²) in [6, 6.07) is 0. The van der Waals surface area contributed by atoms with E-state index in [-0.39, 0.29) is 5.97 Å². The topological polar surface area (TPSA) is 126 Å². The van der Waals surface area contributed by atoms with Crippen molar-refractivity contribution in [2.75, 3.05) is 119 Å². The third-order valence-electron chi connectivity index (χ3n) is 5.09. The van der Waals surface area contributed by atoms with Crippen LogP contribution in [0.3, 0.4) is 0 Å². The Morgan fingerprint density at radius 1 is 0.447 bits per heavy atom. The maximum atomic E-state index is 11.6. The van der Waals surface area contributed by atoms with Crippen LogP contribution in [0.1, 0.15) is 51.9 Å². The minimum absolute atomic E-state index is 0.141. The second kappa shape index (κ2) is 34.1. The average Bonchev–Trinajstić information content (AvgIpc) is 2.92. The molecule has 0 radical (unpaired) electrons. The van der Waals surface area contributed by atoms with Gasteiger partial charge in [-0.05, 0) is 6.42 Å². The van der Waals surface area contributed by atoms with E-state index in [1.807, 2.05) is 0 Å². The Morgan fingerprint density at radius 2 is 0.763 bits per heavy atom. The fourth-order valence-electron chi connectivity index (χ4n) is 3.06. The molecule has 2 N–H and O–H groups in total. The molecule has 0 fully saturated rings. The van der Waals surface area contributed by atoms with E-state index >= 15 is 0 Å². The Labute approximate surface area is 230 Å². The molecule has 0 unspecified atom stereocenters. The predicted octanol–water partition coefficient (Wildman–Crippen LogP) is 2.37. The molecule has 0 amide bonds. The Hall–Kier alpha value is -0.890. The lowest BCUT2D eigenvalue weighted by atomic mass is 10.1. The van der Waals surface area contributed by atoms with Crippen molar-refractivity contribution in [3.05, 3.63) is 0 Å². The molecule has 228 valence electrons. The first kappa shape index (κ1) is 37.1. The molecule has 11 nitrogen and oxygen atoms in total. The van der Waals surface area contributed by atoms with Crippen molar-refractivity contribution in [2.45, 2.75) is 51.9 Å². The number of ether oxygens (including phenoxy) is 9. The predicted molar refractivity (Wildman–Crippen MR) is 145 cm³/mol. The summed E-state index contributed by atoms with van der Waals surface area (Å²) in [6.45, 7) is 11.1. The molecule has 38 heavy (non-hydrogen) atoms. The van der Waals surface area contributed by atoms with Crippen molar-refractivity contribution in [3.63, 3.8) is 0 Å². The van der Waals surface area contributed by atoms with E-state index in [2.05, 4.69) is 6.92 Å². The molecule has 0 rings (SSSR count). The van der Waals surface area contributed by atoms with Crippen LogP contribution < -0.4 is 5.73 Å². The van der Waals surface area contributed by atoms with Gasteiger partial charge in [0.1, 0.15) is 6.61 Å². The lowest BCUT2D eigenvalue weighted by Gasteiger charge is -2.09. The van der Waals surface area contributed by atoms with E-state index < -0.39 is 0 Å². The fraction of sp³-hybridized carbons (Fsp3) is 0.963. The van der Waals surface area contributed by atoms with Crippen molar-refractivity contribution in [1.82, 2.24) is 0 Å². The molecule has 0 heterocycles. The van der Waals surface area contributed by atoms with Crippen molar-refractivity contribution >= 4 is 5.97 Å². The van der Waals surface area contributed by atoms with Crippen molar-refractivity contribution in [1.29, 1.82) is 0 Å². The highest BCUT2D eigenvalue weighted by molar-refractivity contribution is 5.69. The van der Waals surface area contributed by atoms with Gasteiger partial charge in [-0.3, -0.25) is 4.79 Å². The molecule has 0 aliphatic heterocycles. The first-order chi connectivity index (χ1) is 18.8. The van der Waals surface area contributed by atoms with E-state index in [1.165, 1.54) is 25.7 Å². The third kappa shape index (κ3) is 33.1. The first-order valence-electron chi connectivity index (χ1n) is 14.3. The molecule has 0 bridgehead atoms. The fourth-order valence-corrected chi connectivity index (χ4v) is 3.06. The molecule has 0 aliphatic rings. The number of nitrogens with two attached hydrogens (primary N) is 1. The summed E-state index contributed by atoms with van der Waals surface area (Å²) in [5, 5.41) is 0. The van der Waals surface area contributed by atoms with Crippen LogP contribution in [0.15, 0.2) is 0 Å². The maximum absolute atomic E-state index is 11.6. The zero-order chi connectivity index (χ0) is 27.6. The Kier molecular flexibility index (Phi) is 33.3. The zero-order valence-electron chi connectivity index (χ0n) is 23.8. The number of rotatable bonds is 33. The highest BCUT2D eigenvalue weighted by Gasteiger charge is 2.02. The lowest BCUT2D eigenvalue weighted by molar-refractivity contribution is -0.145. The Balaban J connectivity index is 3.09. The molecule has 11 heteroatoms. The van der Waals surface area contributed by atoms with Gasteiger partial charge in [0.15, 0.2) is 0 Å². The van der Waals surface area contributed by atoms with Crippen LogP contribution in [0.5, 0.6) is 0 Å². The quantitative estimate of drug-likeness (QED) is 0.0951. The van der Waals surface area contributed by atoms with E-state index in [4.69, 9.17) is 48.4 Å². The van der Waals surface area contributed by atoms with E-state index in [1.54, 1.807) is 0 Å². The molecule has 0 aromatic carbocycles. The molecule has 0 aromatic rings. The van der Waals surface area contributed by atoms with E-state index in [0.29, 0.717) is 125 Å². The van der Waals surface area contributed by atoms with E-state index in [9.17, 15) is 4.79 Å². The van der Waals surface area contributed by atoms with Gasteiger partial charge >= 0.3 is 5.97 Å². The SMILES string of the molecule is CCCCCCCCC(=O)OCCOCCOCCOCCOCCOCCOCCOCCOCCN. The van der Waals surface area contributed by atoms with Gasteiger partial charge in [0.05, 0.1) is 106 Å². The minimum atomic E-state index is -0.141. The van der Waals surface area contributed by atoms with E-state index in [0.717, 1.165) is 12.8 Å². The average molecular weight is 554 g/mol. The van der Waals surface area contributed by atoms with Gasteiger partial charge in [-0.25, -0.2) is 0 Å². The van der Waals surface area contributed by atoms with Gasteiger partial charge in [-0.1, -0.05) is 39.0 Å². The van der Waals surface area contributed by atoms with Crippen molar-refractivity contribution in [2.24, 2.45) is 5.73 Å². The second-order valence-corrected chi connectivity index (χ2v) is 8.43. The van der Waals surface area contributed by atoms with Crippen LogP contribution in [0.25, 0.3) is 0 Å². The number of esters is 1. The Bertz CT molecular complexity index is 460. The summed E-state index contributed by atoms with van der Waals surface area (Å²) >= 11 is 0. The van der Waals surface area contributed by atoms with Crippen LogP contribution in [0.4, 0.5) is 0 Å². The number of hydrogen-bond acceptors (Lipinski definition) is 11. The summed E-state index contributed by atoms with van der Waals surface area (Å²) in [7, 11) is 0. The number of hydrogen-bond donors (Lipinski definition) is 1. The highest BCUT2D eigenvalue weighted by Crippen LogP contribution is 2.07. The number of carbonyl (C=O) groups is 1. The summed E-state index contributed by atoms with van der Waals surface area (Å²) < 4.78 is 48.3. The first-order valence-corrected chi connectivity index (χ1v) is 14.3. The highest BCUT2D eigenvalue weighted by atomic mass is 16.6. The van der Waals surface area contributed by atoms with Crippen molar-refractivity contribution in [3.8, 4) is 0 Å². The number of carbonyl (C=O) groups excluding carboxylic acids is 1. The van der Waals surface area contributed by atoms with Gasteiger partial charge in [-0.15, -0.1) is 0 Å².